The number of benzene rings is 2. The summed E-state index contributed by atoms with van der Waals surface area (Å²) < 4.78 is 32.5. The first-order chi connectivity index (χ1) is 14.4. The molecular weight excluding hydrogens is 420 g/mol. The van der Waals surface area contributed by atoms with Crippen LogP contribution in [0.2, 0.25) is 0 Å². The van der Waals surface area contributed by atoms with E-state index in [4.69, 9.17) is 4.42 Å². The number of hydrogen-bond donors (Lipinski definition) is 1. The fourth-order valence-corrected chi connectivity index (χ4v) is 4.75. The van der Waals surface area contributed by atoms with Gasteiger partial charge in [-0.05, 0) is 49.4 Å². The van der Waals surface area contributed by atoms with Crippen LogP contribution in [-0.4, -0.2) is 33.7 Å². The molecule has 0 aliphatic carbocycles. The van der Waals surface area contributed by atoms with Gasteiger partial charge in [-0.2, -0.15) is 11.8 Å². The van der Waals surface area contributed by atoms with E-state index in [0.717, 1.165) is 22.8 Å². The van der Waals surface area contributed by atoms with E-state index in [-0.39, 0.29) is 10.8 Å². The first-order valence-electron chi connectivity index (χ1n) is 9.42. The monoisotopic (exact) mass is 444 g/mol. The average molecular weight is 445 g/mol. The number of rotatable bonds is 9. The molecule has 3 aromatic rings. The molecule has 1 aromatic heterocycles. The number of furan rings is 1. The summed E-state index contributed by atoms with van der Waals surface area (Å²) in [6.07, 6.45) is 1.63. The molecule has 0 bridgehead atoms. The van der Waals surface area contributed by atoms with Crippen LogP contribution in [0.5, 0.6) is 0 Å². The lowest BCUT2D eigenvalue weighted by atomic mass is 10.2. The van der Waals surface area contributed by atoms with Crippen LogP contribution in [0.1, 0.15) is 21.7 Å². The Bertz CT molecular complexity index is 1080. The van der Waals surface area contributed by atoms with Crippen molar-refractivity contribution in [1.29, 1.82) is 0 Å². The molecule has 8 heteroatoms. The van der Waals surface area contributed by atoms with Gasteiger partial charge < -0.3 is 9.73 Å². The summed E-state index contributed by atoms with van der Waals surface area (Å²) >= 11 is 1.65. The molecule has 1 N–H and O–H groups in total. The molecule has 2 aromatic carbocycles. The maximum Gasteiger partial charge on any atom is 0.264 e. The summed E-state index contributed by atoms with van der Waals surface area (Å²) in [7, 11) is -2.27. The largest absolute Gasteiger partial charge is 0.468 e. The van der Waals surface area contributed by atoms with Gasteiger partial charge in [-0.15, -0.1) is 0 Å². The summed E-state index contributed by atoms with van der Waals surface area (Å²) in [4.78, 5) is 12.5. The van der Waals surface area contributed by atoms with Crippen molar-refractivity contribution in [2.24, 2.45) is 0 Å². The number of nitrogens with zero attached hydrogens (tertiary/aromatic N) is 1. The topological polar surface area (TPSA) is 79.6 Å². The van der Waals surface area contributed by atoms with Gasteiger partial charge in [0.2, 0.25) is 0 Å². The highest BCUT2D eigenvalue weighted by Gasteiger charge is 2.22. The van der Waals surface area contributed by atoms with E-state index in [9.17, 15) is 13.2 Å². The van der Waals surface area contributed by atoms with Gasteiger partial charge in [0.1, 0.15) is 5.76 Å². The third kappa shape index (κ3) is 5.46. The maximum atomic E-state index is 13.0. The Balaban J connectivity index is 1.61. The second-order valence-electron chi connectivity index (χ2n) is 6.72. The van der Waals surface area contributed by atoms with Crippen LogP contribution in [-0.2, 0) is 15.8 Å². The second kappa shape index (κ2) is 9.86. The zero-order valence-electron chi connectivity index (χ0n) is 16.9. The third-order valence-electron chi connectivity index (χ3n) is 4.51. The zero-order valence-corrected chi connectivity index (χ0v) is 18.5. The summed E-state index contributed by atoms with van der Waals surface area (Å²) in [5.74, 6) is 2.05. The lowest BCUT2D eigenvalue weighted by Crippen LogP contribution is -2.28. The van der Waals surface area contributed by atoms with E-state index in [0.29, 0.717) is 17.8 Å². The molecule has 0 unspecified atom stereocenters. The van der Waals surface area contributed by atoms with E-state index >= 15 is 0 Å². The van der Waals surface area contributed by atoms with Gasteiger partial charge >= 0.3 is 0 Å². The smallest absolute Gasteiger partial charge is 0.264 e. The number of sulfonamides is 1. The number of amides is 1. The van der Waals surface area contributed by atoms with E-state index < -0.39 is 10.0 Å². The van der Waals surface area contributed by atoms with Crippen LogP contribution in [0.25, 0.3) is 0 Å². The van der Waals surface area contributed by atoms with Gasteiger partial charge in [-0.3, -0.25) is 9.10 Å². The van der Waals surface area contributed by atoms with Gasteiger partial charge in [-0.1, -0.05) is 23.8 Å². The first-order valence-corrected chi connectivity index (χ1v) is 12.0. The second-order valence-corrected chi connectivity index (χ2v) is 9.80. The molecule has 0 saturated heterocycles. The molecule has 158 valence electrons. The standard InChI is InChI=1S/C22H24N2O4S2/c1-17-8-10-19(11-9-17)24(2)30(26,27)21-7-3-5-18(15-21)22(25)23-12-14-29-16-20-6-4-13-28-20/h3-11,13,15H,12,14,16H2,1-2H3,(H,23,25). The molecule has 0 spiro atoms. The van der Waals surface area contributed by atoms with Crippen LogP contribution < -0.4 is 9.62 Å². The van der Waals surface area contributed by atoms with Crippen LogP contribution in [0, 0.1) is 6.92 Å². The lowest BCUT2D eigenvalue weighted by molar-refractivity contribution is 0.0956. The molecule has 0 aliphatic rings. The molecule has 3 rings (SSSR count). The zero-order chi connectivity index (χ0) is 21.6. The van der Waals surface area contributed by atoms with Crippen LogP contribution in [0.4, 0.5) is 5.69 Å². The van der Waals surface area contributed by atoms with E-state index in [1.807, 2.05) is 31.2 Å². The van der Waals surface area contributed by atoms with Crippen molar-refractivity contribution in [1.82, 2.24) is 5.32 Å². The van der Waals surface area contributed by atoms with Gasteiger partial charge in [0.25, 0.3) is 15.9 Å². The molecule has 1 heterocycles. The summed E-state index contributed by atoms with van der Waals surface area (Å²) in [6.45, 7) is 2.42. The summed E-state index contributed by atoms with van der Waals surface area (Å²) in [6, 6.07) is 17.1. The van der Waals surface area contributed by atoms with Crippen molar-refractivity contribution in [3.8, 4) is 0 Å². The minimum absolute atomic E-state index is 0.0745. The minimum Gasteiger partial charge on any atom is -0.468 e. The number of nitrogens with one attached hydrogen (secondary N) is 1. The average Bonchev–Trinajstić information content (AvgIpc) is 3.27. The number of thioether (sulfide) groups is 1. The number of anilines is 1. The number of aryl methyl sites for hydroxylation is 1. The Labute approximate surface area is 181 Å². The fourth-order valence-electron chi connectivity index (χ4n) is 2.76. The SMILES string of the molecule is Cc1ccc(N(C)S(=O)(=O)c2cccc(C(=O)NCCSCc3ccco3)c2)cc1. The lowest BCUT2D eigenvalue weighted by Gasteiger charge is -2.20. The van der Waals surface area contributed by atoms with Crippen molar-refractivity contribution in [2.75, 3.05) is 23.7 Å². The predicted molar refractivity (Wildman–Crippen MR) is 120 cm³/mol. The van der Waals surface area contributed by atoms with Crippen LogP contribution in [0.15, 0.2) is 76.2 Å². The summed E-state index contributed by atoms with van der Waals surface area (Å²) in [5.41, 5.74) is 1.92. The number of carbonyl (C=O) groups excluding carboxylic acids is 1. The fraction of sp³-hybridized carbons (Fsp3) is 0.227. The van der Waals surface area contributed by atoms with Gasteiger partial charge in [0.15, 0.2) is 0 Å². The number of hydrogen-bond acceptors (Lipinski definition) is 5. The van der Waals surface area contributed by atoms with E-state index in [1.165, 1.54) is 23.5 Å². The molecule has 0 saturated carbocycles. The van der Waals surface area contributed by atoms with E-state index in [1.54, 1.807) is 42.3 Å². The Morgan fingerprint density at radius 3 is 2.57 bits per heavy atom. The Morgan fingerprint density at radius 1 is 1.10 bits per heavy atom. The van der Waals surface area contributed by atoms with Crippen molar-refractivity contribution >= 4 is 33.4 Å². The highest BCUT2D eigenvalue weighted by Crippen LogP contribution is 2.23. The Morgan fingerprint density at radius 2 is 1.87 bits per heavy atom. The summed E-state index contributed by atoms with van der Waals surface area (Å²) in [5, 5.41) is 2.83. The third-order valence-corrected chi connectivity index (χ3v) is 7.27. The maximum absolute atomic E-state index is 13.0. The molecule has 30 heavy (non-hydrogen) atoms. The van der Waals surface area contributed by atoms with Crippen molar-refractivity contribution in [2.45, 2.75) is 17.6 Å². The molecule has 0 atom stereocenters. The van der Waals surface area contributed by atoms with Crippen molar-refractivity contribution < 1.29 is 17.6 Å². The van der Waals surface area contributed by atoms with Gasteiger partial charge in [0.05, 0.1) is 22.6 Å². The predicted octanol–water partition coefficient (Wildman–Crippen LogP) is 4.08. The normalized spacial score (nSPS) is 11.3. The molecule has 0 radical (unpaired) electrons. The highest BCUT2D eigenvalue weighted by molar-refractivity contribution is 7.98. The van der Waals surface area contributed by atoms with Gasteiger partial charge in [-0.25, -0.2) is 8.42 Å². The van der Waals surface area contributed by atoms with Crippen molar-refractivity contribution in [3.05, 3.63) is 83.8 Å². The van der Waals surface area contributed by atoms with Gasteiger partial charge in [0, 0.05) is 24.9 Å². The highest BCUT2D eigenvalue weighted by atomic mass is 32.2. The van der Waals surface area contributed by atoms with E-state index in [2.05, 4.69) is 5.32 Å². The molecule has 1 amide bonds. The Hall–Kier alpha value is -2.71. The molecule has 0 aliphatic heterocycles. The van der Waals surface area contributed by atoms with Crippen LogP contribution in [0.3, 0.4) is 0 Å². The van der Waals surface area contributed by atoms with Crippen molar-refractivity contribution in [3.63, 3.8) is 0 Å². The molecular formula is C22H24N2O4S2. The molecule has 0 fully saturated rings. The number of carbonyl (C=O) groups is 1. The minimum atomic E-state index is -3.78. The first kappa shape index (κ1) is 22.0. The Kier molecular flexibility index (Phi) is 7.23. The molecule has 6 nitrogen and oxygen atoms in total. The van der Waals surface area contributed by atoms with Crippen LogP contribution >= 0.6 is 11.8 Å². The quantitative estimate of drug-likeness (QED) is 0.503.